The number of ether oxygens (including phenoxy) is 1. The first kappa shape index (κ1) is 14.7. The Morgan fingerprint density at radius 2 is 2.16 bits per heavy atom. The Balaban J connectivity index is 1.86. The van der Waals surface area contributed by atoms with E-state index in [4.69, 9.17) is 4.74 Å². The number of hydrogen-bond donors (Lipinski definition) is 2. The summed E-state index contributed by atoms with van der Waals surface area (Å²) in [6, 6.07) is 8.39. The van der Waals surface area contributed by atoms with Gasteiger partial charge in [0.25, 0.3) is 0 Å². The van der Waals surface area contributed by atoms with Crippen LogP contribution in [0.4, 0.5) is 0 Å². The summed E-state index contributed by atoms with van der Waals surface area (Å²) in [6.07, 6.45) is 0.890. The molecule has 19 heavy (non-hydrogen) atoms. The van der Waals surface area contributed by atoms with Gasteiger partial charge in [-0.2, -0.15) is 11.8 Å². The van der Waals surface area contributed by atoms with E-state index in [1.807, 2.05) is 30.8 Å². The summed E-state index contributed by atoms with van der Waals surface area (Å²) in [5.74, 6) is 2.82. The Labute approximate surface area is 119 Å². The van der Waals surface area contributed by atoms with Crippen LogP contribution < -0.4 is 10.1 Å². The maximum atomic E-state index is 10.3. The van der Waals surface area contributed by atoms with Crippen molar-refractivity contribution in [3.05, 3.63) is 29.8 Å². The van der Waals surface area contributed by atoms with Crippen molar-refractivity contribution in [2.24, 2.45) is 0 Å². The average molecular weight is 281 g/mol. The summed E-state index contributed by atoms with van der Waals surface area (Å²) in [7, 11) is 0. The molecule has 0 aromatic heterocycles. The van der Waals surface area contributed by atoms with Gasteiger partial charge in [-0.15, -0.1) is 0 Å². The first-order valence-electron chi connectivity index (χ1n) is 6.89. The fourth-order valence-corrected chi connectivity index (χ4v) is 3.51. The molecule has 2 rings (SSSR count). The zero-order chi connectivity index (χ0) is 13.7. The standard InChI is InChI=1S/C15H23NO2S/c1-3-18-14-6-4-13(5-7-14)12(2)16-10-15(17)8-9-19-11-15/h4-7,12,16-17H,3,8-11H2,1-2H3/t12-,15+/m0/s1. The van der Waals surface area contributed by atoms with Crippen molar-refractivity contribution in [2.45, 2.75) is 31.9 Å². The van der Waals surface area contributed by atoms with Gasteiger partial charge in [0, 0.05) is 18.3 Å². The third-order valence-electron chi connectivity index (χ3n) is 3.51. The molecule has 1 saturated heterocycles. The zero-order valence-corrected chi connectivity index (χ0v) is 12.5. The highest BCUT2D eigenvalue weighted by atomic mass is 32.2. The molecule has 0 radical (unpaired) electrons. The van der Waals surface area contributed by atoms with Crippen LogP contribution in [0.2, 0.25) is 0 Å². The molecular weight excluding hydrogens is 258 g/mol. The molecule has 1 heterocycles. The number of hydrogen-bond acceptors (Lipinski definition) is 4. The first-order valence-corrected chi connectivity index (χ1v) is 8.05. The van der Waals surface area contributed by atoms with Crippen LogP contribution in [0.15, 0.2) is 24.3 Å². The van der Waals surface area contributed by atoms with Gasteiger partial charge in [-0.1, -0.05) is 12.1 Å². The van der Waals surface area contributed by atoms with Crippen molar-refractivity contribution >= 4 is 11.8 Å². The molecule has 1 fully saturated rings. The van der Waals surface area contributed by atoms with Gasteiger partial charge >= 0.3 is 0 Å². The summed E-state index contributed by atoms with van der Waals surface area (Å²) < 4.78 is 5.43. The second kappa shape index (κ2) is 6.64. The molecule has 0 saturated carbocycles. The van der Waals surface area contributed by atoms with Crippen molar-refractivity contribution in [1.29, 1.82) is 0 Å². The Kier molecular flexibility index (Phi) is 5.13. The predicted octanol–water partition coefficient (Wildman–Crippen LogP) is 2.60. The van der Waals surface area contributed by atoms with Crippen molar-refractivity contribution in [3.8, 4) is 5.75 Å². The molecular formula is C15H23NO2S. The molecule has 106 valence electrons. The van der Waals surface area contributed by atoms with E-state index in [1.165, 1.54) is 5.56 Å². The minimum absolute atomic E-state index is 0.241. The maximum absolute atomic E-state index is 10.3. The smallest absolute Gasteiger partial charge is 0.119 e. The number of benzene rings is 1. The monoisotopic (exact) mass is 281 g/mol. The summed E-state index contributed by atoms with van der Waals surface area (Å²) in [6.45, 7) is 5.46. The van der Waals surface area contributed by atoms with Crippen molar-refractivity contribution in [2.75, 3.05) is 24.7 Å². The third kappa shape index (κ3) is 4.13. The minimum Gasteiger partial charge on any atom is -0.494 e. The molecule has 0 amide bonds. The molecule has 1 aliphatic rings. The van der Waals surface area contributed by atoms with Gasteiger partial charge < -0.3 is 15.2 Å². The molecule has 2 atom stereocenters. The molecule has 0 aliphatic carbocycles. The Morgan fingerprint density at radius 3 is 2.74 bits per heavy atom. The SMILES string of the molecule is CCOc1ccc([C@H](C)NC[C@]2(O)CCSC2)cc1. The molecule has 0 unspecified atom stereocenters. The molecule has 3 nitrogen and oxygen atoms in total. The average Bonchev–Trinajstić information content (AvgIpc) is 2.85. The molecule has 0 spiro atoms. The number of thioether (sulfide) groups is 1. The van der Waals surface area contributed by atoms with E-state index >= 15 is 0 Å². The summed E-state index contributed by atoms with van der Waals surface area (Å²) in [5.41, 5.74) is 0.696. The number of aliphatic hydroxyl groups is 1. The molecule has 2 N–H and O–H groups in total. The zero-order valence-electron chi connectivity index (χ0n) is 11.7. The van der Waals surface area contributed by atoms with Crippen LogP contribution in [0.1, 0.15) is 31.9 Å². The molecule has 4 heteroatoms. The largest absolute Gasteiger partial charge is 0.494 e. The Bertz CT molecular complexity index is 388. The van der Waals surface area contributed by atoms with E-state index in [0.717, 1.165) is 23.7 Å². The minimum atomic E-state index is -0.524. The van der Waals surface area contributed by atoms with E-state index in [-0.39, 0.29) is 6.04 Å². The lowest BCUT2D eigenvalue weighted by Gasteiger charge is -2.24. The van der Waals surface area contributed by atoms with Crippen LogP contribution in [-0.4, -0.2) is 35.4 Å². The maximum Gasteiger partial charge on any atom is 0.119 e. The fourth-order valence-electron chi connectivity index (χ4n) is 2.22. The molecule has 1 aliphatic heterocycles. The predicted molar refractivity (Wildman–Crippen MR) is 80.9 cm³/mol. The fraction of sp³-hybridized carbons (Fsp3) is 0.600. The highest BCUT2D eigenvalue weighted by molar-refractivity contribution is 7.99. The summed E-state index contributed by atoms with van der Waals surface area (Å²) in [5, 5.41) is 13.7. The highest BCUT2D eigenvalue weighted by Gasteiger charge is 2.31. The topological polar surface area (TPSA) is 41.5 Å². The third-order valence-corrected chi connectivity index (χ3v) is 4.75. The lowest BCUT2D eigenvalue weighted by molar-refractivity contribution is 0.0651. The van der Waals surface area contributed by atoms with Gasteiger partial charge in [0.2, 0.25) is 0 Å². The molecule has 0 bridgehead atoms. The van der Waals surface area contributed by atoms with Crippen molar-refractivity contribution in [1.82, 2.24) is 5.32 Å². The summed E-state index contributed by atoms with van der Waals surface area (Å²) in [4.78, 5) is 0. The Morgan fingerprint density at radius 1 is 1.42 bits per heavy atom. The van der Waals surface area contributed by atoms with Crippen LogP contribution in [0.5, 0.6) is 5.75 Å². The van der Waals surface area contributed by atoms with E-state index in [1.54, 1.807) is 0 Å². The van der Waals surface area contributed by atoms with Crippen LogP contribution in [-0.2, 0) is 0 Å². The van der Waals surface area contributed by atoms with Crippen molar-refractivity contribution < 1.29 is 9.84 Å². The van der Waals surface area contributed by atoms with Crippen LogP contribution in [0, 0.1) is 0 Å². The van der Waals surface area contributed by atoms with Crippen LogP contribution in [0.25, 0.3) is 0 Å². The second-order valence-electron chi connectivity index (χ2n) is 5.13. The van der Waals surface area contributed by atoms with Gasteiger partial charge in [0.15, 0.2) is 0 Å². The quantitative estimate of drug-likeness (QED) is 0.841. The van der Waals surface area contributed by atoms with E-state index < -0.39 is 5.60 Å². The first-order chi connectivity index (χ1) is 9.13. The van der Waals surface area contributed by atoms with Crippen LogP contribution in [0.3, 0.4) is 0 Å². The van der Waals surface area contributed by atoms with Gasteiger partial charge in [-0.25, -0.2) is 0 Å². The molecule has 1 aromatic carbocycles. The van der Waals surface area contributed by atoms with Gasteiger partial charge in [-0.3, -0.25) is 0 Å². The second-order valence-corrected chi connectivity index (χ2v) is 6.24. The van der Waals surface area contributed by atoms with E-state index in [2.05, 4.69) is 24.4 Å². The Hall–Kier alpha value is -0.710. The van der Waals surface area contributed by atoms with Crippen molar-refractivity contribution in [3.63, 3.8) is 0 Å². The van der Waals surface area contributed by atoms with E-state index in [9.17, 15) is 5.11 Å². The van der Waals surface area contributed by atoms with Crippen LogP contribution >= 0.6 is 11.8 Å². The highest BCUT2D eigenvalue weighted by Crippen LogP contribution is 2.28. The van der Waals surface area contributed by atoms with E-state index in [0.29, 0.717) is 13.2 Å². The van der Waals surface area contributed by atoms with Gasteiger partial charge in [0.1, 0.15) is 5.75 Å². The lowest BCUT2D eigenvalue weighted by atomic mass is 10.0. The van der Waals surface area contributed by atoms with Gasteiger partial charge in [0.05, 0.1) is 12.2 Å². The number of nitrogens with one attached hydrogen (secondary N) is 1. The normalized spacial score (nSPS) is 24.4. The number of rotatable bonds is 6. The van der Waals surface area contributed by atoms with Gasteiger partial charge in [-0.05, 0) is 43.7 Å². The molecule has 1 aromatic rings. The lowest BCUT2D eigenvalue weighted by Crippen LogP contribution is -2.41. The summed E-state index contributed by atoms with van der Waals surface area (Å²) >= 11 is 1.83.